The minimum Gasteiger partial charge on any atom is -0.466 e. The molecule has 0 fully saturated rings. The molecule has 7 heteroatoms. The van der Waals surface area contributed by atoms with Crippen LogP contribution in [0.2, 0.25) is 0 Å². The highest BCUT2D eigenvalue weighted by Crippen LogP contribution is 2.16. The smallest absolute Gasteiger partial charge is 0.252 e. The van der Waals surface area contributed by atoms with E-state index in [1.54, 1.807) is 30.3 Å². The zero-order valence-corrected chi connectivity index (χ0v) is 13.7. The first-order chi connectivity index (χ1) is 12.1. The van der Waals surface area contributed by atoms with Gasteiger partial charge in [0.2, 0.25) is 5.91 Å². The van der Waals surface area contributed by atoms with Crippen molar-refractivity contribution < 1.29 is 14.0 Å². The number of anilines is 1. The number of amides is 2. The molecular weight excluding hydrogens is 320 g/mol. The van der Waals surface area contributed by atoms with E-state index in [1.807, 2.05) is 25.1 Å². The van der Waals surface area contributed by atoms with Gasteiger partial charge < -0.3 is 15.1 Å². The zero-order valence-electron chi connectivity index (χ0n) is 13.7. The Kier molecular flexibility index (Phi) is 4.94. The van der Waals surface area contributed by atoms with Gasteiger partial charge in [-0.25, -0.2) is 0 Å². The molecule has 0 saturated heterocycles. The Morgan fingerprint density at radius 1 is 1.16 bits per heavy atom. The molecule has 0 aliphatic rings. The number of benzene rings is 1. The Morgan fingerprint density at radius 2 is 1.96 bits per heavy atom. The molecule has 0 bridgehead atoms. The van der Waals surface area contributed by atoms with E-state index < -0.39 is 6.04 Å². The fourth-order valence-corrected chi connectivity index (χ4v) is 2.43. The maximum Gasteiger partial charge on any atom is 0.252 e. The summed E-state index contributed by atoms with van der Waals surface area (Å²) >= 11 is 0. The van der Waals surface area contributed by atoms with E-state index in [0.29, 0.717) is 17.1 Å². The van der Waals surface area contributed by atoms with Gasteiger partial charge in [-0.1, -0.05) is 30.3 Å². The average Bonchev–Trinajstić information content (AvgIpc) is 3.25. The second-order valence-corrected chi connectivity index (χ2v) is 5.56. The van der Waals surface area contributed by atoms with Crippen LogP contribution in [0.5, 0.6) is 0 Å². The van der Waals surface area contributed by atoms with Crippen LogP contribution in [0.4, 0.5) is 5.82 Å². The lowest BCUT2D eigenvalue weighted by atomic mass is 10.1. The molecule has 1 atom stereocenters. The topological polar surface area (TPSA) is 100 Å². The Morgan fingerprint density at radius 3 is 2.60 bits per heavy atom. The van der Waals surface area contributed by atoms with E-state index in [1.165, 1.54) is 6.20 Å². The van der Waals surface area contributed by atoms with Crippen LogP contribution in [0.25, 0.3) is 0 Å². The summed E-state index contributed by atoms with van der Waals surface area (Å²) in [6.45, 7) is 1.81. The molecule has 25 heavy (non-hydrogen) atoms. The van der Waals surface area contributed by atoms with Crippen LogP contribution in [0, 0.1) is 6.92 Å². The van der Waals surface area contributed by atoms with Crippen molar-refractivity contribution in [1.29, 1.82) is 0 Å². The molecule has 3 aromatic rings. The quantitative estimate of drug-likeness (QED) is 0.642. The van der Waals surface area contributed by atoms with E-state index in [2.05, 4.69) is 20.8 Å². The molecule has 2 heterocycles. The lowest BCUT2D eigenvalue weighted by molar-refractivity contribution is -0.126. The highest BCUT2D eigenvalue weighted by atomic mass is 16.3. The molecule has 0 aliphatic carbocycles. The Balaban J connectivity index is 1.74. The summed E-state index contributed by atoms with van der Waals surface area (Å²) in [7, 11) is 0. The van der Waals surface area contributed by atoms with E-state index >= 15 is 0 Å². The maximum atomic E-state index is 12.6. The number of aromatic amines is 1. The summed E-state index contributed by atoms with van der Waals surface area (Å²) < 4.78 is 5.41. The molecule has 1 aromatic carbocycles. The normalized spacial score (nSPS) is 11.7. The number of nitrogens with one attached hydrogen (secondary N) is 3. The van der Waals surface area contributed by atoms with Gasteiger partial charge in [0.1, 0.15) is 23.4 Å². The number of furan rings is 1. The number of carbonyl (C=O) groups excluding carboxylic acids is 2. The number of aromatic nitrogens is 2. The molecule has 2 aromatic heterocycles. The van der Waals surface area contributed by atoms with Gasteiger partial charge in [-0.05, 0) is 24.6 Å². The molecule has 3 rings (SSSR count). The summed E-state index contributed by atoms with van der Waals surface area (Å²) in [6.07, 6.45) is 1.60. The van der Waals surface area contributed by atoms with Crippen LogP contribution in [0.15, 0.2) is 59.1 Å². The molecule has 3 N–H and O–H groups in total. The van der Waals surface area contributed by atoms with Gasteiger partial charge in [0.05, 0.1) is 12.6 Å². The van der Waals surface area contributed by atoms with E-state index in [4.69, 9.17) is 4.42 Å². The fourth-order valence-electron chi connectivity index (χ4n) is 2.43. The van der Waals surface area contributed by atoms with Crippen LogP contribution in [-0.4, -0.2) is 22.0 Å². The van der Waals surface area contributed by atoms with Gasteiger partial charge in [0, 0.05) is 6.07 Å². The number of aryl methyl sites for hydroxylation is 1. The number of H-pyrrole nitrogens is 1. The minimum absolute atomic E-state index is 0.0640. The first-order valence-electron chi connectivity index (χ1n) is 7.81. The van der Waals surface area contributed by atoms with Crippen LogP contribution in [0.3, 0.4) is 0 Å². The third-order valence-corrected chi connectivity index (χ3v) is 3.59. The standard InChI is InChI=1S/C18H18N4O3/c1-12-7-8-14(25-12)11-16(23)21-17(13-5-3-2-4-6-13)18(24)20-15-9-10-19-22-15/h2-10,17H,11H2,1H3,(H,21,23)(H2,19,20,22,24)/t17-/m0/s1. The van der Waals surface area contributed by atoms with Gasteiger partial charge in [-0.2, -0.15) is 5.10 Å². The summed E-state index contributed by atoms with van der Waals surface area (Å²) in [5.41, 5.74) is 0.684. The zero-order chi connectivity index (χ0) is 17.6. The van der Waals surface area contributed by atoms with Gasteiger partial charge in [-0.15, -0.1) is 0 Å². The predicted molar refractivity (Wildman–Crippen MR) is 91.7 cm³/mol. The first kappa shape index (κ1) is 16.5. The van der Waals surface area contributed by atoms with Crippen LogP contribution in [-0.2, 0) is 16.0 Å². The van der Waals surface area contributed by atoms with Crippen molar-refractivity contribution in [3.05, 3.63) is 71.8 Å². The van der Waals surface area contributed by atoms with Crippen LogP contribution < -0.4 is 10.6 Å². The van der Waals surface area contributed by atoms with E-state index in [-0.39, 0.29) is 18.2 Å². The van der Waals surface area contributed by atoms with Crippen molar-refractivity contribution in [2.24, 2.45) is 0 Å². The van der Waals surface area contributed by atoms with Crippen molar-refractivity contribution >= 4 is 17.6 Å². The van der Waals surface area contributed by atoms with E-state index in [0.717, 1.165) is 5.76 Å². The predicted octanol–water partition coefficient (Wildman–Crippen LogP) is 2.35. The fraction of sp³-hybridized carbons (Fsp3) is 0.167. The summed E-state index contributed by atoms with van der Waals surface area (Å²) in [6, 6.07) is 13.4. The summed E-state index contributed by atoms with van der Waals surface area (Å²) in [5, 5.41) is 11.9. The number of carbonyl (C=O) groups is 2. The third kappa shape index (κ3) is 4.35. The third-order valence-electron chi connectivity index (χ3n) is 3.59. The molecule has 0 radical (unpaired) electrons. The van der Waals surface area contributed by atoms with E-state index in [9.17, 15) is 9.59 Å². The first-order valence-corrected chi connectivity index (χ1v) is 7.81. The lowest BCUT2D eigenvalue weighted by Crippen LogP contribution is -2.37. The number of hydrogen-bond acceptors (Lipinski definition) is 4. The lowest BCUT2D eigenvalue weighted by Gasteiger charge is -2.18. The summed E-state index contributed by atoms with van der Waals surface area (Å²) in [4.78, 5) is 24.9. The second kappa shape index (κ2) is 7.48. The van der Waals surface area contributed by atoms with Crippen molar-refractivity contribution in [1.82, 2.24) is 15.5 Å². The molecule has 0 saturated carbocycles. The van der Waals surface area contributed by atoms with Crippen molar-refractivity contribution in [3.8, 4) is 0 Å². The Hall–Kier alpha value is -3.35. The monoisotopic (exact) mass is 338 g/mol. The van der Waals surface area contributed by atoms with Gasteiger partial charge >= 0.3 is 0 Å². The van der Waals surface area contributed by atoms with Crippen molar-refractivity contribution in [3.63, 3.8) is 0 Å². The second-order valence-electron chi connectivity index (χ2n) is 5.56. The average molecular weight is 338 g/mol. The van der Waals surface area contributed by atoms with Crippen LogP contribution in [0.1, 0.15) is 23.1 Å². The molecule has 0 aliphatic heterocycles. The molecule has 7 nitrogen and oxygen atoms in total. The largest absolute Gasteiger partial charge is 0.466 e. The summed E-state index contributed by atoms with van der Waals surface area (Å²) in [5.74, 6) is 1.08. The number of nitrogens with zero attached hydrogens (tertiary/aromatic N) is 1. The molecule has 128 valence electrons. The SMILES string of the molecule is Cc1ccc(CC(=O)N[C@H](C(=O)Nc2ccn[nH]2)c2ccccc2)o1. The Bertz CT molecular complexity index is 840. The number of hydrogen-bond donors (Lipinski definition) is 3. The van der Waals surface area contributed by atoms with Gasteiger partial charge in [-0.3, -0.25) is 14.7 Å². The maximum absolute atomic E-state index is 12.6. The molecule has 0 spiro atoms. The molecule has 0 unspecified atom stereocenters. The van der Waals surface area contributed by atoms with Gasteiger partial charge in [0.25, 0.3) is 5.91 Å². The molecule has 2 amide bonds. The van der Waals surface area contributed by atoms with Crippen molar-refractivity contribution in [2.45, 2.75) is 19.4 Å². The van der Waals surface area contributed by atoms with Crippen LogP contribution >= 0.6 is 0 Å². The highest BCUT2D eigenvalue weighted by Gasteiger charge is 2.23. The minimum atomic E-state index is -0.826. The van der Waals surface area contributed by atoms with Gasteiger partial charge in [0.15, 0.2) is 0 Å². The molecular formula is C18H18N4O3. The Labute approximate surface area is 144 Å². The highest BCUT2D eigenvalue weighted by molar-refractivity contribution is 5.97. The van der Waals surface area contributed by atoms with Crippen molar-refractivity contribution in [2.75, 3.05) is 5.32 Å². The number of rotatable bonds is 6.